The SMILES string of the molecule is CC(C)Cc1ccc(C(C)C(=O)O)cc1.NCCCC[C@H](N)C(=O)O.O=c1[nH]c2ccccc2n1CCCN1CCC(n2c(=O)[nH]c3cc(Cl)ccc32)CC1. The number of aliphatic carboxylic acids is 2. The first kappa shape index (κ1) is 43.0. The number of nitrogens with two attached hydrogens (primary N) is 2. The van der Waals surface area contributed by atoms with Crippen LogP contribution in [0.15, 0.2) is 76.3 Å². The van der Waals surface area contributed by atoms with Gasteiger partial charge in [-0.2, -0.15) is 0 Å². The Labute approximate surface area is 326 Å². The zero-order valence-electron chi connectivity index (χ0n) is 32.0. The fraction of sp³-hybridized carbons (Fsp3) is 0.463. The molecule has 0 saturated carbocycles. The van der Waals surface area contributed by atoms with E-state index in [1.807, 2.05) is 69.8 Å². The highest BCUT2D eigenvalue weighted by atomic mass is 35.5. The molecule has 1 fully saturated rings. The summed E-state index contributed by atoms with van der Waals surface area (Å²) in [5.41, 5.74) is 16.0. The summed E-state index contributed by atoms with van der Waals surface area (Å²) in [6.45, 7) is 10.2. The van der Waals surface area contributed by atoms with E-state index in [2.05, 4.69) is 28.7 Å². The van der Waals surface area contributed by atoms with Gasteiger partial charge in [-0.3, -0.25) is 18.7 Å². The number of nitrogens with one attached hydrogen (secondary N) is 2. The first-order valence-electron chi connectivity index (χ1n) is 19.1. The van der Waals surface area contributed by atoms with Crippen molar-refractivity contribution in [3.63, 3.8) is 0 Å². The van der Waals surface area contributed by atoms with Crippen molar-refractivity contribution in [3.8, 4) is 0 Å². The van der Waals surface area contributed by atoms with Crippen LogP contribution in [0, 0.1) is 5.92 Å². The van der Waals surface area contributed by atoms with Gasteiger partial charge < -0.3 is 36.5 Å². The van der Waals surface area contributed by atoms with Gasteiger partial charge in [0.15, 0.2) is 0 Å². The van der Waals surface area contributed by atoms with E-state index in [9.17, 15) is 19.2 Å². The molecule has 55 heavy (non-hydrogen) atoms. The number of aromatic nitrogens is 4. The van der Waals surface area contributed by atoms with Gasteiger partial charge in [0.2, 0.25) is 0 Å². The third-order valence-corrected chi connectivity index (χ3v) is 10.2. The van der Waals surface area contributed by atoms with E-state index in [-0.39, 0.29) is 17.4 Å². The first-order chi connectivity index (χ1) is 26.3. The zero-order valence-corrected chi connectivity index (χ0v) is 32.8. The molecule has 0 radical (unpaired) electrons. The van der Waals surface area contributed by atoms with Gasteiger partial charge in [-0.1, -0.05) is 68.3 Å². The number of aromatic amines is 2. The van der Waals surface area contributed by atoms with Crippen LogP contribution in [0.3, 0.4) is 0 Å². The van der Waals surface area contributed by atoms with E-state index in [1.54, 1.807) is 13.0 Å². The first-order valence-corrected chi connectivity index (χ1v) is 19.5. The molecule has 2 atom stereocenters. The Bertz CT molecular complexity index is 2090. The van der Waals surface area contributed by atoms with Gasteiger partial charge in [-0.05, 0) is 106 Å². The van der Waals surface area contributed by atoms with Crippen molar-refractivity contribution in [2.24, 2.45) is 17.4 Å². The number of piperidine rings is 1. The molecule has 3 heterocycles. The molecule has 1 unspecified atom stereocenters. The summed E-state index contributed by atoms with van der Waals surface area (Å²) < 4.78 is 3.70. The number of H-pyrrole nitrogens is 2. The molecule has 3 aromatic carbocycles. The number of carbonyl (C=O) groups is 2. The molecule has 1 aliphatic heterocycles. The van der Waals surface area contributed by atoms with Crippen LogP contribution in [0.5, 0.6) is 0 Å². The summed E-state index contributed by atoms with van der Waals surface area (Å²) in [4.78, 5) is 53.8. The van der Waals surface area contributed by atoms with Crippen LogP contribution in [-0.4, -0.2) is 78.4 Å². The van der Waals surface area contributed by atoms with E-state index >= 15 is 0 Å². The van der Waals surface area contributed by atoms with E-state index in [0.29, 0.717) is 30.5 Å². The molecule has 2 aromatic heterocycles. The number of imidazole rings is 2. The standard InChI is InChI=1S/C22H24ClN5O2.C13H18O2.C6H14N2O2/c23-15-6-7-20-18(14-15)25-22(30)28(20)16-8-12-26(13-9-16)10-3-11-27-19-5-2-1-4-17(19)24-21(27)29;1-9(2)8-11-4-6-12(7-5-11)10(3)13(14)15;7-4-2-1-3-5(8)6(9)10/h1-2,4-7,14,16H,3,8-13H2,(H,24,29)(H,25,30);4-7,9-10H,8H2,1-3H3,(H,14,15);5H,1-4,7-8H2,(H,9,10)/t;;5-/m..0/s1. The number of halogens is 1. The molecule has 298 valence electrons. The highest BCUT2D eigenvalue weighted by Crippen LogP contribution is 2.26. The number of unbranched alkanes of at least 4 members (excludes halogenated alkanes) is 1. The lowest BCUT2D eigenvalue weighted by Gasteiger charge is -2.32. The summed E-state index contributed by atoms with van der Waals surface area (Å²) in [5, 5.41) is 17.8. The van der Waals surface area contributed by atoms with Gasteiger partial charge in [0.1, 0.15) is 6.04 Å². The quantitative estimate of drug-likeness (QED) is 0.0736. The summed E-state index contributed by atoms with van der Waals surface area (Å²) in [5.74, 6) is -1.49. The molecule has 14 heteroatoms. The van der Waals surface area contributed by atoms with Crippen molar-refractivity contribution in [2.75, 3.05) is 26.2 Å². The Morgan fingerprint density at radius 1 is 0.836 bits per heavy atom. The Kier molecular flexibility index (Phi) is 16.3. The van der Waals surface area contributed by atoms with Gasteiger partial charge in [0.05, 0.1) is 28.0 Å². The summed E-state index contributed by atoms with van der Waals surface area (Å²) in [6.07, 6.45) is 5.99. The topological polar surface area (TPSA) is 205 Å². The normalized spacial score (nSPS) is 14.6. The lowest BCUT2D eigenvalue weighted by molar-refractivity contribution is -0.139. The largest absolute Gasteiger partial charge is 0.481 e. The van der Waals surface area contributed by atoms with Gasteiger partial charge in [-0.25, -0.2) is 9.59 Å². The monoisotopic (exact) mass is 777 g/mol. The van der Waals surface area contributed by atoms with Crippen LogP contribution < -0.4 is 22.8 Å². The fourth-order valence-corrected chi connectivity index (χ4v) is 7.01. The predicted octanol–water partition coefficient (Wildman–Crippen LogP) is 5.95. The number of carboxylic acid groups (broad SMARTS) is 2. The third kappa shape index (κ3) is 12.4. The van der Waals surface area contributed by atoms with Gasteiger partial charge in [0.25, 0.3) is 0 Å². The van der Waals surface area contributed by atoms with Crippen molar-refractivity contribution in [3.05, 3.63) is 104 Å². The van der Waals surface area contributed by atoms with E-state index in [1.165, 1.54) is 5.56 Å². The van der Waals surface area contributed by atoms with E-state index < -0.39 is 23.9 Å². The van der Waals surface area contributed by atoms with Gasteiger partial charge >= 0.3 is 23.3 Å². The molecule has 0 aliphatic carbocycles. The fourth-order valence-electron chi connectivity index (χ4n) is 6.84. The summed E-state index contributed by atoms with van der Waals surface area (Å²) in [6, 6.07) is 20.7. The van der Waals surface area contributed by atoms with Crippen LogP contribution in [0.4, 0.5) is 0 Å². The van der Waals surface area contributed by atoms with Gasteiger partial charge in [0, 0.05) is 30.7 Å². The highest BCUT2D eigenvalue weighted by Gasteiger charge is 2.23. The Morgan fingerprint density at radius 3 is 2.15 bits per heavy atom. The number of para-hydroxylation sites is 2. The van der Waals surface area contributed by atoms with Crippen LogP contribution >= 0.6 is 11.6 Å². The average Bonchev–Trinajstić information content (AvgIpc) is 3.66. The molecular formula is C41H56ClN7O6. The van der Waals surface area contributed by atoms with Crippen molar-refractivity contribution in [1.82, 2.24) is 24.0 Å². The Morgan fingerprint density at radius 2 is 1.51 bits per heavy atom. The zero-order chi connectivity index (χ0) is 40.1. The highest BCUT2D eigenvalue weighted by molar-refractivity contribution is 6.31. The third-order valence-electron chi connectivity index (χ3n) is 9.92. The second kappa shape index (κ2) is 20.8. The molecule has 13 nitrogen and oxygen atoms in total. The number of hydrogen-bond donors (Lipinski definition) is 6. The molecule has 5 aromatic rings. The van der Waals surface area contributed by atoms with E-state index in [4.69, 9.17) is 33.3 Å². The molecule has 0 spiro atoms. The van der Waals surface area contributed by atoms with Crippen LogP contribution in [0.25, 0.3) is 22.1 Å². The smallest absolute Gasteiger partial charge is 0.326 e. The van der Waals surface area contributed by atoms with Crippen molar-refractivity contribution < 1.29 is 19.8 Å². The number of carboxylic acids is 2. The Hall–Kier alpha value is -4.69. The lowest BCUT2D eigenvalue weighted by atomic mass is 9.97. The van der Waals surface area contributed by atoms with Crippen LogP contribution in [0.2, 0.25) is 5.02 Å². The number of benzene rings is 3. The van der Waals surface area contributed by atoms with Crippen molar-refractivity contribution >= 4 is 45.6 Å². The Balaban J connectivity index is 0.000000224. The number of nitrogens with zero attached hydrogens (tertiary/aromatic N) is 3. The van der Waals surface area contributed by atoms with Crippen LogP contribution in [0.1, 0.15) is 82.4 Å². The molecule has 1 aliphatic rings. The van der Waals surface area contributed by atoms with Crippen molar-refractivity contribution in [2.45, 2.75) is 90.3 Å². The van der Waals surface area contributed by atoms with Gasteiger partial charge in [-0.15, -0.1) is 0 Å². The maximum atomic E-state index is 12.5. The number of rotatable bonds is 14. The number of fused-ring (bicyclic) bond motifs is 2. The minimum Gasteiger partial charge on any atom is -0.481 e. The molecule has 6 rings (SSSR count). The second-order valence-corrected chi connectivity index (χ2v) is 15.1. The maximum Gasteiger partial charge on any atom is 0.326 e. The maximum absolute atomic E-state index is 12.5. The average molecular weight is 778 g/mol. The lowest BCUT2D eigenvalue weighted by Crippen LogP contribution is -2.37. The molecule has 1 saturated heterocycles. The summed E-state index contributed by atoms with van der Waals surface area (Å²) >= 11 is 6.05. The minimum absolute atomic E-state index is 0.0475. The van der Waals surface area contributed by atoms with Crippen LogP contribution in [-0.2, 0) is 22.6 Å². The molecular weight excluding hydrogens is 722 g/mol. The number of hydrogen-bond acceptors (Lipinski definition) is 7. The summed E-state index contributed by atoms with van der Waals surface area (Å²) in [7, 11) is 0. The second-order valence-electron chi connectivity index (χ2n) is 14.6. The van der Waals surface area contributed by atoms with E-state index in [0.717, 1.165) is 85.8 Å². The molecule has 0 amide bonds. The minimum atomic E-state index is -0.933. The predicted molar refractivity (Wildman–Crippen MR) is 219 cm³/mol. The molecule has 8 N–H and O–H groups in total. The van der Waals surface area contributed by atoms with Crippen molar-refractivity contribution in [1.29, 1.82) is 0 Å². The molecule has 0 bridgehead atoms. The number of likely N-dealkylation sites (tertiary alicyclic amines) is 1. The number of aryl methyl sites for hydroxylation is 1.